The van der Waals surface area contributed by atoms with E-state index in [-0.39, 0.29) is 31.3 Å². The number of benzene rings is 1. The van der Waals surface area contributed by atoms with E-state index in [0.717, 1.165) is 12.1 Å². The van der Waals surface area contributed by atoms with Gasteiger partial charge in [0.15, 0.2) is 11.6 Å². The molecule has 0 saturated carbocycles. The quantitative estimate of drug-likeness (QED) is 0.574. The molecule has 1 aromatic rings. The maximum atomic E-state index is 13.6. The summed E-state index contributed by atoms with van der Waals surface area (Å²) in [7, 11) is 0. The Morgan fingerprint density at radius 2 is 1.73 bits per heavy atom. The van der Waals surface area contributed by atoms with Crippen molar-refractivity contribution >= 4 is 29.6 Å². The molecule has 2 atom stereocenters. The largest absolute Gasteiger partial charge is 0.444 e. The molecule has 37 heavy (non-hydrogen) atoms. The Morgan fingerprint density at radius 1 is 1.08 bits per heavy atom. The van der Waals surface area contributed by atoms with Gasteiger partial charge in [-0.1, -0.05) is 6.92 Å². The molecule has 3 saturated heterocycles. The molecule has 4 rings (SSSR count). The molecule has 2 N–H and O–H groups in total. The number of amides is 5. The summed E-state index contributed by atoms with van der Waals surface area (Å²) in [5.74, 6) is -3.46. The summed E-state index contributed by atoms with van der Waals surface area (Å²) in [6.07, 6.45) is -0.411. The number of piperazine rings is 1. The van der Waals surface area contributed by atoms with E-state index in [1.165, 1.54) is 11.0 Å². The van der Waals surface area contributed by atoms with Crippen molar-refractivity contribution in [2.24, 2.45) is 11.8 Å². The minimum atomic E-state index is -1.31. The molecule has 3 aliphatic heterocycles. The van der Waals surface area contributed by atoms with Crippen molar-refractivity contribution in [3.63, 3.8) is 0 Å². The second-order valence-corrected chi connectivity index (χ2v) is 11.0. The van der Waals surface area contributed by atoms with Gasteiger partial charge in [0.2, 0.25) is 5.91 Å². The van der Waals surface area contributed by atoms with Crippen molar-refractivity contribution in [2.75, 3.05) is 44.2 Å². The summed E-state index contributed by atoms with van der Waals surface area (Å²) in [5, 5.41) is 5.01. The lowest BCUT2D eigenvalue weighted by Crippen LogP contribution is -2.67. The van der Waals surface area contributed by atoms with Crippen molar-refractivity contribution in [1.82, 2.24) is 20.4 Å². The molecule has 5 amide bonds. The second-order valence-electron chi connectivity index (χ2n) is 11.0. The molecule has 3 heterocycles. The lowest BCUT2D eigenvalue weighted by molar-refractivity contribution is -0.138. The van der Waals surface area contributed by atoms with Crippen LogP contribution in [0.4, 0.5) is 24.1 Å². The molecule has 0 radical (unpaired) electrons. The molecular formula is C25H33F2N5O5. The van der Waals surface area contributed by atoms with Crippen molar-refractivity contribution in [3.05, 3.63) is 29.8 Å². The number of nitrogens with one attached hydrogen (secondary N) is 2. The Hall–Kier alpha value is -3.44. The topological polar surface area (TPSA) is 111 Å². The molecule has 2 unspecified atom stereocenters. The van der Waals surface area contributed by atoms with Gasteiger partial charge in [-0.2, -0.15) is 0 Å². The number of hydrogen-bond acceptors (Lipinski definition) is 6. The van der Waals surface area contributed by atoms with Gasteiger partial charge in [-0.05, 0) is 39.3 Å². The van der Waals surface area contributed by atoms with Crippen LogP contribution in [0.3, 0.4) is 0 Å². The van der Waals surface area contributed by atoms with Crippen LogP contribution in [0.15, 0.2) is 18.2 Å². The number of imide groups is 1. The first-order valence-corrected chi connectivity index (χ1v) is 12.4. The number of carbonyl (C=O) groups is 4. The standard InChI is InChI=1S/C25H33F2N5O5/c1-15(20(33)31-9-7-30(8-10-31)17-5-6-18(26)19(27)11-17)12-25(21(34)28-22(35)29-25)16-13-32(14-16)23(36)37-24(2,3)4/h5-6,11,15-16H,7-10,12-14H2,1-4H3,(H2,28,29,34,35). The van der Waals surface area contributed by atoms with Crippen molar-refractivity contribution in [3.8, 4) is 0 Å². The number of halogens is 2. The number of anilines is 1. The van der Waals surface area contributed by atoms with Crippen LogP contribution in [0.5, 0.6) is 0 Å². The average molecular weight is 522 g/mol. The molecule has 3 fully saturated rings. The third kappa shape index (κ3) is 5.47. The van der Waals surface area contributed by atoms with Crippen LogP contribution in [-0.2, 0) is 14.3 Å². The summed E-state index contributed by atoms with van der Waals surface area (Å²) in [4.78, 5) is 55.7. The van der Waals surface area contributed by atoms with Crippen LogP contribution in [-0.4, -0.2) is 84.1 Å². The van der Waals surface area contributed by atoms with Gasteiger partial charge in [-0.3, -0.25) is 14.9 Å². The molecule has 0 aromatic heterocycles. The second kappa shape index (κ2) is 9.79. The first-order valence-electron chi connectivity index (χ1n) is 12.4. The van der Waals surface area contributed by atoms with Gasteiger partial charge in [0.1, 0.15) is 11.1 Å². The van der Waals surface area contributed by atoms with Crippen LogP contribution in [0.2, 0.25) is 0 Å². The lowest BCUT2D eigenvalue weighted by Gasteiger charge is -2.48. The fourth-order valence-electron chi connectivity index (χ4n) is 5.12. The van der Waals surface area contributed by atoms with E-state index in [2.05, 4.69) is 10.6 Å². The zero-order valence-electron chi connectivity index (χ0n) is 21.5. The predicted octanol–water partition coefficient (Wildman–Crippen LogP) is 2.08. The molecule has 0 aliphatic carbocycles. The van der Waals surface area contributed by atoms with Gasteiger partial charge in [0.25, 0.3) is 5.91 Å². The molecule has 202 valence electrons. The SMILES string of the molecule is CC(CC1(C2CN(C(=O)OC(C)(C)C)C2)NC(=O)NC1=O)C(=O)N1CCN(c2ccc(F)c(F)c2)CC1. The highest BCUT2D eigenvalue weighted by Gasteiger charge is 2.57. The van der Waals surface area contributed by atoms with Gasteiger partial charge >= 0.3 is 12.1 Å². The van der Waals surface area contributed by atoms with E-state index < -0.39 is 46.7 Å². The minimum absolute atomic E-state index is 0.0830. The Labute approximate surface area is 214 Å². The first kappa shape index (κ1) is 26.6. The molecular weight excluding hydrogens is 488 g/mol. The third-order valence-electron chi connectivity index (χ3n) is 7.11. The average Bonchev–Trinajstić information content (AvgIpc) is 3.05. The van der Waals surface area contributed by atoms with E-state index in [1.807, 2.05) is 4.90 Å². The van der Waals surface area contributed by atoms with Crippen molar-refractivity contribution < 1.29 is 32.7 Å². The normalized spacial score (nSPS) is 23.4. The third-order valence-corrected chi connectivity index (χ3v) is 7.11. The monoisotopic (exact) mass is 521 g/mol. The summed E-state index contributed by atoms with van der Waals surface area (Å²) >= 11 is 0. The van der Waals surface area contributed by atoms with E-state index >= 15 is 0 Å². The van der Waals surface area contributed by atoms with Crippen LogP contribution in [0.1, 0.15) is 34.1 Å². The van der Waals surface area contributed by atoms with Crippen molar-refractivity contribution in [2.45, 2.75) is 45.3 Å². The summed E-state index contributed by atoms with van der Waals surface area (Å²) in [5.41, 5.74) is -1.42. The predicted molar refractivity (Wildman–Crippen MR) is 130 cm³/mol. The van der Waals surface area contributed by atoms with Gasteiger partial charge in [0.05, 0.1) is 0 Å². The fourth-order valence-corrected chi connectivity index (χ4v) is 5.12. The van der Waals surface area contributed by atoms with E-state index in [9.17, 15) is 28.0 Å². The van der Waals surface area contributed by atoms with Gasteiger partial charge in [-0.15, -0.1) is 0 Å². The minimum Gasteiger partial charge on any atom is -0.444 e. The highest BCUT2D eigenvalue weighted by Crippen LogP contribution is 2.36. The van der Waals surface area contributed by atoms with Crippen LogP contribution in [0.25, 0.3) is 0 Å². The molecule has 1 aromatic carbocycles. The fraction of sp³-hybridized carbons (Fsp3) is 0.600. The first-order chi connectivity index (χ1) is 17.3. The molecule has 3 aliphatic rings. The Balaban J connectivity index is 1.37. The Kier molecular flexibility index (Phi) is 7.04. The number of hydrogen-bond donors (Lipinski definition) is 2. The number of urea groups is 1. The van der Waals surface area contributed by atoms with E-state index in [0.29, 0.717) is 31.9 Å². The lowest BCUT2D eigenvalue weighted by atomic mass is 9.73. The van der Waals surface area contributed by atoms with Crippen LogP contribution in [0, 0.1) is 23.5 Å². The zero-order valence-corrected chi connectivity index (χ0v) is 21.5. The molecule has 12 heteroatoms. The molecule has 0 bridgehead atoms. The number of likely N-dealkylation sites (tertiary alicyclic amines) is 1. The van der Waals surface area contributed by atoms with E-state index in [4.69, 9.17) is 4.74 Å². The van der Waals surface area contributed by atoms with Crippen LogP contribution >= 0.6 is 0 Å². The number of nitrogens with zero attached hydrogens (tertiary/aromatic N) is 3. The maximum Gasteiger partial charge on any atom is 0.410 e. The zero-order chi connectivity index (χ0) is 27.1. The summed E-state index contributed by atoms with van der Waals surface area (Å²) in [6.45, 7) is 9.09. The highest BCUT2D eigenvalue weighted by atomic mass is 19.2. The molecule has 10 nitrogen and oxygen atoms in total. The van der Waals surface area contributed by atoms with Gasteiger partial charge in [-0.25, -0.2) is 18.4 Å². The summed E-state index contributed by atoms with van der Waals surface area (Å²) in [6, 6.07) is 3.10. The summed E-state index contributed by atoms with van der Waals surface area (Å²) < 4.78 is 32.3. The van der Waals surface area contributed by atoms with Crippen LogP contribution < -0.4 is 15.5 Å². The van der Waals surface area contributed by atoms with Gasteiger partial charge < -0.3 is 24.8 Å². The Morgan fingerprint density at radius 3 is 2.27 bits per heavy atom. The smallest absolute Gasteiger partial charge is 0.410 e. The number of ether oxygens (including phenoxy) is 1. The maximum absolute atomic E-state index is 13.6. The molecule has 0 spiro atoms. The van der Waals surface area contributed by atoms with Crippen molar-refractivity contribution in [1.29, 1.82) is 0 Å². The number of rotatable bonds is 5. The Bertz CT molecular complexity index is 1100. The van der Waals surface area contributed by atoms with E-state index in [1.54, 1.807) is 32.6 Å². The van der Waals surface area contributed by atoms with Gasteiger partial charge in [0, 0.05) is 62.9 Å². The number of carbonyl (C=O) groups excluding carboxylic acids is 4. The highest BCUT2D eigenvalue weighted by molar-refractivity contribution is 6.07.